The van der Waals surface area contributed by atoms with E-state index in [1.807, 2.05) is 12.1 Å². The molecule has 13 heavy (non-hydrogen) atoms. The van der Waals surface area contributed by atoms with E-state index in [0.717, 1.165) is 0 Å². The van der Waals surface area contributed by atoms with Gasteiger partial charge in [0.05, 0.1) is 5.60 Å². The van der Waals surface area contributed by atoms with Gasteiger partial charge in [-0.25, -0.2) is 0 Å². The second-order valence-corrected chi connectivity index (χ2v) is 3.73. The van der Waals surface area contributed by atoms with E-state index in [4.69, 9.17) is 6.42 Å². The molecular weight excluding hydrogens is 160 g/mol. The molecule has 0 unspecified atom stereocenters. The molecule has 1 nitrogen and oxygen atoms in total. The average molecular weight is 172 g/mol. The first-order valence-electron chi connectivity index (χ1n) is 4.46. The van der Waals surface area contributed by atoms with Gasteiger partial charge in [0.25, 0.3) is 0 Å². The van der Waals surface area contributed by atoms with Crippen LogP contribution in [0.5, 0.6) is 0 Å². The van der Waals surface area contributed by atoms with Crippen LogP contribution in [0.3, 0.4) is 0 Å². The van der Waals surface area contributed by atoms with Crippen LogP contribution in [0.15, 0.2) is 24.3 Å². The second-order valence-electron chi connectivity index (χ2n) is 3.73. The molecule has 0 atom stereocenters. The van der Waals surface area contributed by atoms with Crippen molar-refractivity contribution < 1.29 is 5.11 Å². The summed E-state index contributed by atoms with van der Waals surface area (Å²) in [7, 11) is 0. The molecule has 0 saturated carbocycles. The molecule has 2 rings (SSSR count). The van der Waals surface area contributed by atoms with Gasteiger partial charge in [0, 0.05) is 19.3 Å². The molecule has 66 valence electrons. The Kier molecular flexibility index (Phi) is 1.86. The molecule has 0 saturated heterocycles. The largest absolute Gasteiger partial charge is 0.388 e. The highest BCUT2D eigenvalue weighted by Gasteiger charge is 2.33. The van der Waals surface area contributed by atoms with E-state index in [1.54, 1.807) is 0 Å². The Balaban J connectivity index is 2.27. The van der Waals surface area contributed by atoms with Crippen molar-refractivity contribution in [3.63, 3.8) is 0 Å². The predicted molar refractivity (Wildman–Crippen MR) is 52.2 cm³/mol. The summed E-state index contributed by atoms with van der Waals surface area (Å²) in [6.45, 7) is 0. The number of rotatable bonds is 1. The first-order chi connectivity index (χ1) is 6.23. The Labute approximate surface area is 78.4 Å². The van der Waals surface area contributed by atoms with Crippen molar-refractivity contribution in [3.8, 4) is 12.3 Å². The third kappa shape index (κ3) is 1.46. The van der Waals surface area contributed by atoms with Gasteiger partial charge in [0.15, 0.2) is 0 Å². The van der Waals surface area contributed by atoms with E-state index in [9.17, 15) is 5.11 Å². The minimum absolute atomic E-state index is 0.446. The minimum Gasteiger partial charge on any atom is -0.388 e. The van der Waals surface area contributed by atoms with E-state index in [0.29, 0.717) is 19.3 Å². The van der Waals surface area contributed by atoms with Crippen molar-refractivity contribution in [1.82, 2.24) is 0 Å². The summed E-state index contributed by atoms with van der Waals surface area (Å²) >= 11 is 0. The van der Waals surface area contributed by atoms with Gasteiger partial charge >= 0.3 is 0 Å². The Bertz CT molecular complexity index is 335. The van der Waals surface area contributed by atoms with Gasteiger partial charge in [-0.05, 0) is 11.1 Å². The van der Waals surface area contributed by atoms with Crippen LogP contribution >= 0.6 is 0 Å². The zero-order chi connectivity index (χ0) is 9.31. The molecule has 1 aliphatic rings. The van der Waals surface area contributed by atoms with Crippen molar-refractivity contribution in [1.29, 1.82) is 0 Å². The van der Waals surface area contributed by atoms with Crippen molar-refractivity contribution in [2.45, 2.75) is 24.9 Å². The fourth-order valence-corrected chi connectivity index (χ4v) is 1.99. The van der Waals surface area contributed by atoms with E-state index < -0.39 is 5.60 Å². The quantitative estimate of drug-likeness (QED) is 0.637. The molecular formula is C12H12O. The summed E-state index contributed by atoms with van der Waals surface area (Å²) < 4.78 is 0. The molecule has 1 aromatic rings. The highest BCUT2D eigenvalue weighted by Crippen LogP contribution is 2.31. The number of terminal acetylenes is 1. The number of fused-ring (bicyclic) bond motifs is 1. The molecule has 0 aliphatic heterocycles. The normalized spacial score (nSPS) is 17.8. The molecule has 0 radical (unpaired) electrons. The maximum atomic E-state index is 10.1. The molecule has 1 aromatic carbocycles. The van der Waals surface area contributed by atoms with E-state index in [2.05, 4.69) is 18.1 Å². The Morgan fingerprint density at radius 3 is 2.31 bits per heavy atom. The third-order valence-corrected chi connectivity index (χ3v) is 2.59. The average Bonchev–Trinajstić information content (AvgIpc) is 2.40. The monoisotopic (exact) mass is 172 g/mol. The fourth-order valence-electron chi connectivity index (χ4n) is 1.99. The van der Waals surface area contributed by atoms with Gasteiger partial charge in [-0.1, -0.05) is 24.3 Å². The molecule has 0 amide bonds. The molecule has 1 heteroatoms. The first kappa shape index (κ1) is 8.34. The fraction of sp³-hybridized carbons (Fsp3) is 0.333. The van der Waals surface area contributed by atoms with E-state index >= 15 is 0 Å². The van der Waals surface area contributed by atoms with Gasteiger partial charge in [-0.15, -0.1) is 12.3 Å². The van der Waals surface area contributed by atoms with E-state index in [-0.39, 0.29) is 0 Å². The highest BCUT2D eigenvalue weighted by atomic mass is 16.3. The van der Waals surface area contributed by atoms with Crippen LogP contribution in [-0.2, 0) is 12.8 Å². The maximum absolute atomic E-state index is 10.1. The van der Waals surface area contributed by atoms with Crippen molar-refractivity contribution in [3.05, 3.63) is 35.4 Å². The minimum atomic E-state index is -0.682. The third-order valence-electron chi connectivity index (χ3n) is 2.59. The molecule has 0 fully saturated rings. The summed E-state index contributed by atoms with van der Waals surface area (Å²) in [5.74, 6) is 2.53. The van der Waals surface area contributed by atoms with Crippen LogP contribution in [0.25, 0.3) is 0 Å². The Morgan fingerprint density at radius 2 is 1.85 bits per heavy atom. The molecule has 0 heterocycles. The lowest BCUT2D eigenvalue weighted by Crippen LogP contribution is -2.28. The van der Waals surface area contributed by atoms with Crippen molar-refractivity contribution in [2.75, 3.05) is 0 Å². The molecule has 1 aliphatic carbocycles. The maximum Gasteiger partial charge on any atom is 0.0836 e. The molecule has 0 bridgehead atoms. The topological polar surface area (TPSA) is 20.2 Å². The molecule has 1 N–H and O–H groups in total. The smallest absolute Gasteiger partial charge is 0.0836 e. The van der Waals surface area contributed by atoms with Crippen molar-refractivity contribution >= 4 is 0 Å². The lowest BCUT2D eigenvalue weighted by atomic mass is 9.97. The lowest BCUT2D eigenvalue weighted by molar-refractivity contribution is 0.0569. The number of hydrogen-bond acceptors (Lipinski definition) is 1. The number of aliphatic hydroxyl groups is 1. The lowest BCUT2D eigenvalue weighted by Gasteiger charge is -2.18. The second kappa shape index (κ2) is 2.90. The van der Waals surface area contributed by atoms with Gasteiger partial charge in [0.2, 0.25) is 0 Å². The van der Waals surface area contributed by atoms with Crippen LogP contribution in [0, 0.1) is 12.3 Å². The zero-order valence-corrected chi connectivity index (χ0v) is 7.46. The number of hydrogen-bond donors (Lipinski definition) is 1. The van der Waals surface area contributed by atoms with Crippen LogP contribution in [-0.4, -0.2) is 10.7 Å². The highest BCUT2D eigenvalue weighted by molar-refractivity contribution is 5.35. The predicted octanol–water partition coefficient (Wildman–Crippen LogP) is 1.54. The van der Waals surface area contributed by atoms with E-state index in [1.165, 1.54) is 11.1 Å². The zero-order valence-electron chi connectivity index (χ0n) is 7.46. The Morgan fingerprint density at radius 1 is 1.31 bits per heavy atom. The van der Waals surface area contributed by atoms with Gasteiger partial charge in [-0.3, -0.25) is 0 Å². The SMILES string of the molecule is C#CCC1(O)Cc2ccccc2C1. The first-order valence-corrected chi connectivity index (χ1v) is 4.46. The van der Waals surface area contributed by atoms with Crippen LogP contribution in [0.1, 0.15) is 17.5 Å². The van der Waals surface area contributed by atoms with Crippen molar-refractivity contribution in [2.24, 2.45) is 0 Å². The number of benzene rings is 1. The van der Waals surface area contributed by atoms with Gasteiger partial charge in [0.1, 0.15) is 0 Å². The summed E-state index contributed by atoms with van der Waals surface area (Å²) in [4.78, 5) is 0. The summed E-state index contributed by atoms with van der Waals surface area (Å²) in [6.07, 6.45) is 7.07. The van der Waals surface area contributed by atoms with Crippen LogP contribution in [0.2, 0.25) is 0 Å². The van der Waals surface area contributed by atoms with Gasteiger partial charge in [-0.2, -0.15) is 0 Å². The molecule has 0 aromatic heterocycles. The summed E-state index contributed by atoms with van der Waals surface area (Å²) in [5, 5.41) is 10.1. The van der Waals surface area contributed by atoms with Gasteiger partial charge < -0.3 is 5.11 Å². The summed E-state index contributed by atoms with van der Waals surface area (Å²) in [6, 6.07) is 8.12. The van der Waals surface area contributed by atoms with Crippen LogP contribution < -0.4 is 0 Å². The van der Waals surface area contributed by atoms with Crippen LogP contribution in [0.4, 0.5) is 0 Å². The summed E-state index contributed by atoms with van der Waals surface area (Å²) in [5.41, 5.74) is 1.79. The molecule has 0 spiro atoms. The standard InChI is InChI=1S/C12H12O/c1-2-7-12(13)8-10-5-3-4-6-11(10)9-12/h1,3-6,13H,7-9H2. The Hall–Kier alpha value is -1.26.